The van der Waals surface area contributed by atoms with Crippen LogP contribution in [0.5, 0.6) is 0 Å². The average Bonchev–Trinajstić information content (AvgIpc) is 2.73. The maximum absolute atomic E-state index is 12.3. The monoisotopic (exact) mass is 228 g/mol. The highest BCUT2D eigenvalue weighted by atomic mass is 16.7. The van der Waals surface area contributed by atoms with Crippen LogP contribution in [0.25, 0.3) is 0 Å². The lowest BCUT2D eigenvalue weighted by atomic mass is 9.48. The van der Waals surface area contributed by atoms with Gasteiger partial charge in [0, 0.05) is 25.0 Å². The molecule has 2 aliphatic rings. The Bertz CT molecular complexity index is 318. The number of carbonyl (C=O) groups is 1. The quantitative estimate of drug-likeness (QED) is 0.683. The van der Waals surface area contributed by atoms with Crippen LogP contribution < -0.4 is 5.73 Å². The molecule has 3 unspecified atom stereocenters. The molecule has 1 saturated carbocycles. The molecule has 0 bridgehead atoms. The molecule has 1 heterocycles. The predicted octanol–water partition coefficient (Wildman–Crippen LogP) is 0.149. The van der Waals surface area contributed by atoms with E-state index in [1.54, 1.807) is 7.05 Å². The van der Waals surface area contributed by atoms with Crippen molar-refractivity contribution in [1.29, 1.82) is 0 Å². The zero-order valence-electron chi connectivity index (χ0n) is 10.3. The molecule has 2 fully saturated rings. The molecular weight excluding hydrogens is 208 g/mol. The number of hydroxylamine groups is 2. The van der Waals surface area contributed by atoms with Crippen molar-refractivity contribution in [3.63, 3.8) is 0 Å². The van der Waals surface area contributed by atoms with Crippen LogP contribution in [0.3, 0.4) is 0 Å². The van der Waals surface area contributed by atoms with Crippen molar-refractivity contribution in [2.45, 2.75) is 31.9 Å². The fraction of sp³-hybridized carbons (Fsp3) is 0.909. The van der Waals surface area contributed by atoms with Crippen molar-refractivity contribution in [1.82, 2.24) is 5.06 Å². The number of carbonyl (C=O) groups excluding carboxylic acids is 1. The molecule has 1 aliphatic carbocycles. The van der Waals surface area contributed by atoms with Crippen molar-refractivity contribution in [3.05, 3.63) is 0 Å². The molecule has 0 spiro atoms. The van der Waals surface area contributed by atoms with Gasteiger partial charge in [-0.25, -0.2) is 5.06 Å². The molecule has 1 saturated heterocycles. The number of nitrogens with zero attached hydrogens (tertiary/aromatic N) is 1. The second kappa shape index (κ2) is 3.42. The van der Waals surface area contributed by atoms with Crippen LogP contribution in [0.2, 0.25) is 0 Å². The number of rotatable bonds is 2. The van der Waals surface area contributed by atoms with E-state index in [0.717, 1.165) is 6.42 Å². The standard InChI is InChI=1S/C11H20N2O3/c1-10(2)8-7(5-6-16-8)11(10,12)9(14)13(3)15-4/h7-8H,5-6,12H2,1-4H3. The molecular formula is C11H20N2O3. The Morgan fingerprint density at radius 3 is 2.75 bits per heavy atom. The largest absolute Gasteiger partial charge is 0.377 e. The fourth-order valence-electron chi connectivity index (χ4n) is 3.16. The average molecular weight is 228 g/mol. The van der Waals surface area contributed by atoms with Crippen LogP contribution in [0, 0.1) is 11.3 Å². The topological polar surface area (TPSA) is 64.8 Å². The van der Waals surface area contributed by atoms with E-state index in [-0.39, 0.29) is 23.3 Å². The summed E-state index contributed by atoms with van der Waals surface area (Å²) in [7, 11) is 3.06. The zero-order chi connectivity index (χ0) is 12.1. The molecule has 5 heteroatoms. The lowest BCUT2D eigenvalue weighted by molar-refractivity contribution is -0.211. The van der Waals surface area contributed by atoms with E-state index in [9.17, 15) is 4.79 Å². The van der Waals surface area contributed by atoms with Crippen LogP contribution in [-0.4, -0.2) is 43.4 Å². The van der Waals surface area contributed by atoms with Gasteiger partial charge < -0.3 is 10.5 Å². The van der Waals surface area contributed by atoms with Crippen LogP contribution in [0.4, 0.5) is 0 Å². The first-order valence-electron chi connectivity index (χ1n) is 5.60. The van der Waals surface area contributed by atoms with Crippen molar-refractivity contribution >= 4 is 5.91 Å². The number of hydrogen-bond donors (Lipinski definition) is 1. The Labute approximate surface area is 95.8 Å². The molecule has 0 aromatic carbocycles. The van der Waals surface area contributed by atoms with Gasteiger partial charge in [0.25, 0.3) is 5.91 Å². The highest BCUT2D eigenvalue weighted by Crippen LogP contribution is 2.58. The molecule has 0 aromatic rings. The second-order valence-electron chi connectivity index (χ2n) is 5.26. The van der Waals surface area contributed by atoms with Gasteiger partial charge in [0.05, 0.1) is 13.2 Å². The van der Waals surface area contributed by atoms with Gasteiger partial charge in [-0.3, -0.25) is 9.63 Å². The van der Waals surface area contributed by atoms with E-state index in [2.05, 4.69) is 0 Å². The third-order valence-corrected chi connectivity index (χ3v) is 4.37. The summed E-state index contributed by atoms with van der Waals surface area (Å²) in [5, 5.41) is 1.22. The van der Waals surface area contributed by atoms with Crippen molar-refractivity contribution in [2.24, 2.45) is 17.1 Å². The summed E-state index contributed by atoms with van der Waals surface area (Å²) in [6.45, 7) is 4.67. The van der Waals surface area contributed by atoms with E-state index < -0.39 is 5.54 Å². The predicted molar refractivity (Wildman–Crippen MR) is 58.3 cm³/mol. The molecule has 1 amide bonds. The molecule has 0 radical (unpaired) electrons. The molecule has 5 nitrogen and oxygen atoms in total. The van der Waals surface area contributed by atoms with Crippen molar-refractivity contribution < 1.29 is 14.4 Å². The summed E-state index contributed by atoms with van der Waals surface area (Å²) in [5.41, 5.74) is 5.14. The summed E-state index contributed by atoms with van der Waals surface area (Å²) < 4.78 is 5.63. The lowest BCUT2D eigenvalue weighted by Gasteiger charge is -2.61. The third-order valence-electron chi connectivity index (χ3n) is 4.37. The minimum absolute atomic E-state index is 0.103. The number of likely N-dealkylation sites (N-methyl/N-ethyl adjacent to an activating group) is 1. The van der Waals surface area contributed by atoms with Gasteiger partial charge in [0.1, 0.15) is 5.54 Å². The van der Waals surface area contributed by atoms with Gasteiger partial charge in [0.15, 0.2) is 0 Å². The van der Waals surface area contributed by atoms with Crippen LogP contribution in [-0.2, 0) is 14.4 Å². The van der Waals surface area contributed by atoms with Crippen LogP contribution in [0.1, 0.15) is 20.3 Å². The minimum Gasteiger partial charge on any atom is -0.377 e. The Kier molecular flexibility index (Phi) is 2.53. The maximum Gasteiger partial charge on any atom is 0.266 e. The summed E-state index contributed by atoms with van der Waals surface area (Å²) in [4.78, 5) is 17.2. The smallest absolute Gasteiger partial charge is 0.266 e. The number of ether oxygens (including phenoxy) is 1. The molecule has 0 aromatic heterocycles. The van der Waals surface area contributed by atoms with Gasteiger partial charge in [-0.05, 0) is 6.42 Å². The number of fused-ring (bicyclic) bond motifs is 1. The van der Waals surface area contributed by atoms with Gasteiger partial charge in [0.2, 0.25) is 0 Å². The number of nitrogens with two attached hydrogens (primary N) is 1. The van der Waals surface area contributed by atoms with Crippen molar-refractivity contribution in [3.8, 4) is 0 Å². The van der Waals surface area contributed by atoms with Crippen LogP contribution in [0.15, 0.2) is 0 Å². The van der Waals surface area contributed by atoms with E-state index in [0.29, 0.717) is 6.61 Å². The fourth-order valence-corrected chi connectivity index (χ4v) is 3.16. The van der Waals surface area contributed by atoms with E-state index in [4.69, 9.17) is 15.3 Å². The summed E-state index contributed by atoms with van der Waals surface area (Å²) in [6.07, 6.45) is 0.958. The number of hydrogen-bond acceptors (Lipinski definition) is 4. The maximum atomic E-state index is 12.3. The molecule has 1 aliphatic heterocycles. The molecule has 2 N–H and O–H groups in total. The zero-order valence-corrected chi connectivity index (χ0v) is 10.3. The molecule has 92 valence electrons. The van der Waals surface area contributed by atoms with Gasteiger partial charge in [-0.2, -0.15) is 0 Å². The van der Waals surface area contributed by atoms with E-state index in [1.807, 2.05) is 13.8 Å². The molecule has 3 atom stereocenters. The number of amides is 1. The van der Waals surface area contributed by atoms with E-state index in [1.165, 1.54) is 12.2 Å². The van der Waals surface area contributed by atoms with Gasteiger partial charge in [-0.15, -0.1) is 0 Å². The first-order valence-corrected chi connectivity index (χ1v) is 5.60. The van der Waals surface area contributed by atoms with Crippen molar-refractivity contribution in [2.75, 3.05) is 20.8 Å². The second-order valence-corrected chi connectivity index (χ2v) is 5.26. The van der Waals surface area contributed by atoms with Gasteiger partial charge >= 0.3 is 0 Å². The summed E-state index contributed by atoms with van der Waals surface area (Å²) in [5.74, 6) is -0.0423. The lowest BCUT2D eigenvalue weighted by Crippen LogP contribution is -2.80. The van der Waals surface area contributed by atoms with Gasteiger partial charge in [-0.1, -0.05) is 13.8 Å². The first-order chi connectivity index (χ1) is 7.37. The summed E-state index contributed by atoms with van der Waals surface area (Å²) in [6, 6.07) is 0. The Morgan fingerprint density at radius 1 is 1.56 bits per heavy atom. The highest BCUT2D eigenvalue weighted by Gasteiger charge is 2.72. The third kappa shape index (κ3) is 1.14. The Balaban J connectivity index is 2.27. The summed E-state index contributed by atoms with van der Waals surface area (Å²) >= 11 is 0. The normalized spacial score (nSPS) is 40.1. The molecule has 16 heavy (non-hydrogen) atoms. The Hall–Kier alpha value is -0.650. The highest BCUT2D eigenvalue weighted by molar-refractivity contribution is 5.88. The molecule has 2 rings (SSSR count). The first kappa shape index (κ1) is 11.8. The Morgan fingerprint density at radius 2 is 2.19 bits per heavy atom. The SMILES string of the molecule is CON(C)C(=O)C1(N)C2CCOC2C1(C)C. The van der Waals surface area contributed by atoms with Crippen LogP contribution >= 0.6 is 0 Å². The minimum atomic E-state index is -0.862. The van der Waals surface area contributed by atoms with E-state index >= 15 is 0 Å².